The first-order chi connectivity index (χ1) is 9.18. The Hall–Kier alpha value is -1.84. The minimum absolute atomic E-state index is 0.376. The van der Waals surface area contributed by atoms with Gasteiger partial charge >= 0.3 is 0 Å². The zero-order chi connectivity index (χ0) is 13.7. The second kappa shape index (κ2) is 6.36. The third kappa shape index (κ3) is 3.56. The van der Waals surface area contributed by atoms with E-state index in [1.165, 1.54) is 0 Å². The van der Waals surface area contributed by atoms with Crippen LogP contribution in [-0.2, 0) is 11.3 Å². The van der Waals surface area contributed by atoms with Gasteiger partial charge in [0.05, 0.1) is 0 Å². The number of rotatable bonds is 4. The van der Waals surface area contributed by atoms with Gasteiger partial charge in [-0.15, -0.1) is 0 Å². The molecule has 2 aromatic rings. The van der Waals surface area contributed by atoms with Crippen molar-refractivity contribution in [3.05, 3.63) is 70.7 Å². The van der Waals surface area contributed by atoms with Crippen LogP contribution in [0.5, 0.6) is 0 Å². The van der Waals surface area contributed by atoms with Crippen LogP contribution in [0, 0.1) is 0 Å². The van der Waals surface area contributed by atoms with Crippen LogP contribution < -0.4 is 5.32 Å². The fraction of sp³-hybridized carbons (Fsp3) is 0.133. The van der Waals surface area contributed by atoms with Crippen molar-refractivity contribution in [1.29, 1.82) is 0 Å². The van der Waals surface area contributed by atoms with Crippen molar-refractivity contribution in [2.75, 3.05) is 0 Å². The quantitative estimate of drug-likeness (QED) is 0.901. The molecule has 3 nitrogen and oxygen atoms in total. The predicted octanol–water partition coefficient (Wildman–Crippen LogP) is 2.69. The molecular weight excluding hydrogens is 262 g/mol. The molecule has 2 N–H and O–H groups in total. The van der Waals surface area contributed by atoms with E-state index < -0.39 is 12.0 Å². The van der Waals surface area contributed by atoms with Crippen LogP contribution in [0.2, 0.25) is 5.02 Å². The molecule has 0 aromatic heterocycles. The molecule has 2 rings (SSSR count). The molecule has 0 bridgehead atoms. The summed E-state index contributed by atoms with van der Waals surface area (Å²) in [7, 11) is 0. The van der Waals surface area contributed by atoms with Gasteiger partial charge in [0, 0.05) is 17.1 Å². The molecule has 98 valence electrons. The third-order valence-electron chi connectivity index (χ3n) is 2.76. The van der Waals surface area contributed by atoms with E-state index in [2.05, 4.69) is 5.32 Å². The fourth-order valence-corrected chi connectivity index (χ4v) is 1.96. The summed E-state index contributed by atoms with van der Waals surface area (Å²) in [4.78, 5) is 11.8. The Morgan fingerprint density at radius 3 is 2.42 bits per heavy atom. The van der Waals surface area contributed by atoms with E-state index in [0.717, 1.165) is 5.56 Å². The normalized spacial score (nSPS) is 11.9. The van der Waals surface area contributed by atoms with Gasteiger partial charge in [-0.3, -0.25) is 4.79 Å². The van der Waals surface area contributed by atoms with E-state index in [1.54, 1.807) is 24.3 Å². The van der Waals surface area contributed by atoms with Gasteiger partial charge in [0.2, 0.25) is 0 Å². The first-order valence-electron chi connectivity index (χ1n) is 5.92. The number of benzene rings is 2. The average molecular weight is 276 g/mol. The van der Waals surface area contributed by atoms with Gasteiger partial charge in [-0.05, 0) is 11.6 Å². The fourth-order valence-electron chi connectivity index (χ4n) is 1.72. The van der Waals surface area contributed by atoms with Gasteiger partial charge < -0.3 is 10.4 Å². The SMILES string of the molecule is O=C(NCc1ccccc1)[C@@H](O)c1ccccc1Cl. The number of aliphatic hydroxyl groups is 1. The van der Waals surface area contributed by atoms with Crippen LogP contribution >= 0.6 is 11.6 Å². The molecule has 0 heterocycles. The number of carbonyl (C=O) groups excluding carboxylic acids is 1. The Morgan fingerprint density at radius 1 is 1.11 bits per heavy atom. The molecule has 4 heteroatoms. The standard InChI is InChI=1S/C15H14ClNO2/c16-13-9-5-4-8-12(13)14(18)15(19)17-10-11-6-2-1-3-7-11/h1-9,14,18H,10H2,(H,17,19)/t14-/m0/s1. The Labute approximate surface area is 116 Å². The number of hydrogen-bond acceptors (Lipinski definition) is 2. The monoisotopic (exact) mass is 275 g/mol. The summed E-state index contributed by atoms with van der Waals surface area (Å²) in [6.07, 6.45) is -1.25. The maximum Gasteiger partial charge on any atom is 0.253 e. The van der Waals surface area contributed by atoms with Crippen molar-refractivity contribution in [1.82, 2.24) is 5.32 Å². The van der Waals surface area contributed by atoms with Crippen LogP contribution in [0.15, 0.2) is 54.6 Å². The van der Waals surface area contributed by atoms with Crippen molar-refractivity contribution in [3.63, 3.8) is 0 Å². The van der Waals surface area contributed by atoms with E-state index in [1.807, 2.05) is 30.3 Å². The first kappa shape index (κ1) is 13.6. The molecule has 0 aliphatic carbocycles. The molecule has 0 radical (unpaired) electrons. The lowest BCUT2D eigenvalue weighted by Crippen LogP contribution is -2.28. The second-order valence-corrected chi connectivity index (χ2v) is 4.53. The lowest BCUT2D eigenvalue weighted by Gasteiger charge is -2.13. The van der Waals surface area contributed by atoms with E-state index in [9.17, 15) is 9.90 Å². The summed E-state index contributed by atoms with van der Waals surface area (Å²) in [6, 6.07) is 16.3. The molecule has 1 amide bonds. The lowest BCUT2D eigenvalue weighted by molar-refractivity contribution is -0.129. The largest absolute Gasteiger partial charge is 0.378 e. The average Bonchev–Trinajstić information content (AvgIpc) is 2.45. The zero-order valence-corrected chi connectivity index (χ0v) is 11.0. The van der Waals surface area contributed by atoms with Crippen molar-refractivity contribution in [3.8, 4) is 0 Å². The minimum Gasteiger partial charge on any atom is -0.378 e. The van der Waals surface area contributed by atoms with Gasteiger partial charge in [0.25, 0.3) is 5.91 Å². The Kier molecular flexibility index (Phi) is 4.55. The number of nitrogens with one attached hydrogen (secondary N) is 1. The maximum atomic E-state index is 11.8. The summed E-state index contributed by atoms with van der Waals surface area (Å²) in [5, 5.41) is 13.0. The van der Waals surface area contributed by atoms with Crippen LogP contribution in [-0.4, -0.2) is 11.0 Å². The van der Waals surface area contributed by atoms with E-state index in [4.69, 9.17) is 11.6 Å². The molecule has 0 aliphatic heterocycles. The number of aliphatic hydroxyl groups excluding tert-OH is 1. The Balaban J connectivity index is 1.99. The molecular formula is C15H14ClNO2. The number of hydrogen-bond donors (Lipinski definition) is 2. The van der Waals surface area contributed by atoms with Crippen LogP contribution in [0.1, 0.15) is 17.2 Å². The highest BCUT2D eigenvalue weighted by atomic mass is 35.5. The van der Waals surface area contributed by atoms with Crippen molar-refractivity contribution in [2.24, 2.45) is 0 Å². The molecule has 0 saturated heterocycles. The van der Waals surface area contributed by atoms with Gasteiger partial charge in [0.15, 0.2) is 6.10 Å². The molecule has 0 spiro atoms. The number of carbonyl (C=O) groups is 1. The second-order valence-electron chi connectivity index (χ2n) is 4.13. The van der Waals surface area contributed by atoms with Gasteiger partial charge in [-0.25, -0.2) is 0 Å². The van der Waals surface area contributed by atoms with Gasteiger partial charge in [-0.2, -0.15) is 0 Å². The van der Waals surface area contributed by atoms with Crippen molar-refractivity contribution < 1.29 is 9.90 Å². The zero-order valence-electron chi connectivity index (χ0n) is 10.2. The molecule has 0 saturated carbocycles. The third-order valence-corrected chi connectivity index (χ3v) is 3.10. The van der Waals surface area contributed by atoms with E-state index in [-0.39, 0.29) is 0 Å². The predicted molar refractivity (Wildman–Crippen MR) is 74.7 cm³/mol. The van der Waals surface area contributed by atoms with E-state index in [0.29, 0.717) is 17.1 Å². The molecule has 1 atom stereocenters. The highest BCUT2D eigenvalue weighted by Crippen LogP contribution is 2.22. The highest BCUT2D eigenvalue weighted by molar-refractivity contribution is 6.31. The lowest BCUT2D eigenvalue weighted by atomic mass is 10.1. The maximum absolute atomic E-state index is 11.8. The van der Waals surface area contributed by atoms with Crippen LogP contribution in [0.25, 0.3) is 0 Å². The van der Waals surface area contributed by atoms with Crippen LogP contribution in [0.3, 0.4) is 0 Å². The Morgan fingerprint density at radius 2 is 1.74 bits per heavy atom. The van der Waals surface area contributed by atoms with Crippen LogP contribution in [0.4, 0.5) is 0 Å². The topological polar surface area (TPSA) is 49.3 Å². The summed E-state index contributed by atoms with van der Waals surface area (Å²) < 4.78 is 0. The Bertz CT molecular complexity index is 557. The smallest absolute Gasteiger partial charge is 0.253 e. The van der Waals surface area contributed by atoms with Gasteiger partial charge in [0.1, 0.15) is 0 Å². The minimum atomic E-state index is -1.25. The molecule has 19 heavy (non-hydrogen) atoms. The summed E-state index contributed by atoms with van der Waals surface area (Å²) in [5.74, 6) is -0.461. The summed E-state index contributed by atoms with van der Waals surface area (Å²) in [6.45, 7) is 0.376. The first-order valence-corrected chi connectivity index (χ1v) is 6.30. The molecule has 0 fully saturated rings. The number of halogens is 1. The molecule has 0 unspecified atom stereocenters. The van der Waals surface area contributed by atoms with Crippen molar-refractivity contribution in [2.45, 2.75) is 12.6 Å². The summed E-state index contributed by atoms with van der Waals surface area (Å²) in [5.41, 5.74) is 1.39. The van der Waals surface area contributed by atoms with E-state index >= 15 is 0 Å². The summed E-state index contributed by atoms with van der Waals surface area (Å²) >= 11 is 5.94. The molecule has 2 aromatic carbocycles. The van der Waals surface area contributed by atoms with Gasteiger partial charge in [-0.1, -0.05) is 60.1 Å². The highest BCUT2D eigenvalue weighted by Gasteiger charge is 2.19. The van der Waals surface area contributed by atoms with Crippen molar-refractivity contribution >= 4 is 17.5 Å². The number of amides is 1. The molecule has 0 aliphatic rings.